The van der Waals surface area contributed by atoms with Crippen LogP contribution in [-0.2, 0) is 4.79 Å². The maximum atomic E-state index is 11.7. The highest BCUT2D eigenvalue weighted by Gasteiger charge is 2.22. The second-order valence-corrected chi connectivity index (χ2v) is 5.24. The summed E-state index contributed by atoms with van der Waals surface area (Å²) in [4.78, 5) is 12.5. The van der Waals surface area contributed by atoms with Gasteiger partial charge in [-0.2, -0.15) is 0 Å². The van der Waals surface area contributed by atoms with Crippen molar-refractivity contribution in [2.75, 3.05) is 21.3 Å². The summed E-state index contributed by atoms with van der Waals surface area (Å²) in [6.07, 6.45) is 1.61. The van der Waals surface area contributed by atoms with Crippen LogP contribution in [0, 0.1) is 0 Å². The first-order valence-electron chi connectivity index (χ1n) is 6.40. The molecule has 6 heteroatoms. The number of benzene rings is 1. The van der Waals surface area contributed by atoms with Crippen LogP contribution in [0.4, 0.5) is 0 Å². The summed E-state index contributed by atoms with van der Waals surface area (Å²) < 4.78 is 15.9. The fourth-order valence-electron chi connectivity index (χ4n) is 2.08. The number of ether oxygens (including phenoxy) is 3. The number of rotatable bonds is 6. The van der Waals surface area contributed by atoms with Gasteiger partial charge in [-0.15, -0.1) is 11.3 Å². The summed E-state index contributed by atoms with van der Waals surface area (Å²) in [5.41, 5.74) is 0.557. The van der Waals surface area contributed by atoms with Gasteiger partial charge in [0.05, 0.1) is 26.9 Å². The lowest BCUT2D eigenvalue weighted by Crippen LogP contribution is -2.04. The topological polar surface area (TPSA) is 65.0 Å². The smallest absolute Gasteiger partial charge is 0.336 e. The van der Waals surface area contributed by atoms with Crippen LogP contribution in [0.3, 0.4) is 0 Å². The Kier molecular flexibility index (Phi) is 5.06. The highest BCUT2D eigenvalue weighted by atomic mass is 32.1. The molecule has 116 valence electrons. The van der Waals surface area contributed by atoms with E-state index in [4.69, 9.17) is 14.2 Å². The summed E-state index contributed by atoms with van der Waals surface area (Å²) >= 11 is 1.46. The van der Waals surface area contributed by atoms with Crippen molar-refractivity contribution in [2.45, 2.75) is 0 Å². The molecular weight excluding hydrogens is 304 g/mol. The van der Waals surface area contributed by atoms with Gasteiger partial charge in [0.1, 0.15) is 0 Å². The normalized spacial score (nSPS) is 11.1. The van der Waals surface area contributed by atoms with E-state index in [-0.39, 0.29) is 5.57 Å². The minimum atomic E-state index is -1.04. The van der Waals surface area contributed by atoms with Crippen LogP contribution in [0.1, 0.15) is 10.4 Å². The Labute approximate surface area is 132 Å². The van der Waals surface area contributed by atoms with Crippen LogP contribution < -0.4 is 14.2 Å². The van der Waals surface area contributed by atoms with E-state index in [0.717, 1.165) is 4.88 Å². The number of hydrogen-bond donors (Lipinski definition) is 1. The SMILES string of the molecule is COc1ccc(/C(=C/c2cccs2)C(=O)O)c(OC)c1OC. The van der Waals surface area contributed by atoms with Gasteiger partial charge in [0.25, 0.3) is 0 Å². The van der Waals surface area contributed by atoms with Crippen LogP contribution in [0.25, 0.3) is 11.6 Å². The van der Waals surface area contributed by atoms with Gasteiger partial charge in [-0.1, -0.05) is 6.07 Å². The Morgan fingerprint density at radius 3 is 2.32 bits per heavy atom. The van der Waals surface area contributed by atoms with Crippen molar-refractivity contribution < 1.29 is 24.1 Å². The summed E-state index contributed by atoms with van der Waals surface area (Å²) in [5, 5.41) is 11.4. The Hall–Kier alpha value is -2.47. The van der Waals surface area contributed by atoms with Gasteiger partial charge in [-0.05, 0) is 29.7 Å². The van der Waals surface area contributed by atoms with E-state index in [2.05, 4.69) is 0 Å². The second kappa shape index (κ2) is 7.00. The lowest BCUT2D eigenvalue weighted by Gasteiger charge is -2.16. The molecule has 0 radical (unpaired) electrons. The third-order valence-corrected chi connectivity index (χ3v) is 3.87. The number of hydrogen-bond acceptors (Lipinski definition) is 5. The van der Waals surface area contributed by atoms with Gasteiger partial charge in [0.2, 0.25) is 5.75 Å². The molecule has 22 heavy (non-hydrogen) atoms. The van der Waals surface area contributed by atoms with Crippen molar-refractivity contribution in [3.05, 3.63) is 40.1 Å². The molecule has 2 aromatic rings. The second-order valence-electron chi connectivity index (χ2n) is 4.26. The number of thiophene rings is 1. The van der Waals surface area contributed by atoms with Crippen LogP contribution in [-0.4, -0.2) is 32.4 Å². The van der Waals surface area contributed by atoms with Crippen molar-refractivity contribution in [2.24, 2.45) is 0 Å². The van der Waals surface area contributed by atoms with E-state index in [9.17, 15) is 9.90 Å². The third kappa shape index (κ3) is 3.07. The zero-order valence-electron chi connectivity index (χ0n) is 12.5. The molecule has 0 aliphatic rings. The van der Waals surface area contributed by atoms with Gasteiger partial charge in [-0.25, -0.2) is 4.79 Å². The molecule has 0 amide bonds. The van der Waals surface area contributed by atoms with Crippen molar-refractivity contribution >= 4 is 29.0 Å². The predicted octanol–water partition coefficient (Wildman–Crippen LogP) is 3.40. The van der Waals surface area contributed by atoms with E-state index in [1.807, 2.05) is 17.5 Å². The highest BCUT2D eigenvalue weighted by Crippen LogP contribution is 2.42. The summed E-state index contributed by atoms with van der Waals surface area (Å²) in [6, 6.07) is 7.01. The molecular formula is C16H16O5S. The fraction of sp³-hybridized carbons (Fsp3) is 0.188. The molecule has 0 spiro atoms. The fourth-order valence-corrected chi connectivity index (χ4v) is 2.74. The molecule has 0 fully saturated rings. The monoisotopic (exact) mass is 320 g/mol. The first-order chi connectivity index (χ1) is 10.6. The van der Waals surface area contributed by atoms with Crippen LogP contribution in [0.5, 0.6) is 17.2 Å². The highest BCUT2D eigenvalue weighted by molar-refractivity contribution is 7.11. The minimum absolute atomic E-state index is 0.125. The first kappa shape index (κ1) is 15.9. The zero-order valence-corrected chi connectivity index (χ0v) is 13.3. The molecule has 0 bridgehead atoms. The third-order valence-electron chi connectivity index (χ3n) is 3.05. The van der Waals surface area contributed by atoms with Crippen LogP contribution >= 0.6 is 11.3 Å². The molecule has 5 nitrogen and oxygen atoms in total. The van der Waals surface area contributed by atoms with E-state index in [1.54, 1.807) is 18.2 Å². The molecule has 0 unspecified atom stereocenters. The van der Waals surface area contributed by atoms with Crippen molar-refractivity contribution in [1.29, 1.82) is 0 Å². The van der Waals surface area contributed by atoms with Crippen molar-refractivity contribution in [1.82, 2.24) is 0 Å². The number of carboxylic acids is 1. The summed E-state index contributed by atoms with van der Waals surface area (Å²) in [6.45, 7) is 0. The zero-order chi connectivity index (χ0) is 16.1. The Morgan fingerprint density at radius 2 is 1.82 bits per heavy atom. The lowest BCUT2D eigenvalue weighted by atomic mass is 10.0. The molecule has 2 rings (SSSR count). The molecule has 0 aliphatic heterocycles. The van der Waals surface area contributed by atoms with E-state index < -0.39 is 5.97 Å². The van der Waals surface area contributed by atoms with Gasteiger partial charge in [-0.3, -0.25) is 0 Å². The van der Waals surface area contributed by atoms with E-state index in [0.29, 0.717) is 22.8 Å². The summed E-state index contributed by atoms with van der Waals surface area (Å²) in [7, 11) is 4.45. The van der Waals surface area contributed by atoms with Gasteiger partial charge in [0, 0.05) is 10.4 Å². The average molecular weight is 320 g/mol. The molecule has 1 aromatic heterocycles. The van der Waals surface area contributed by atoms with Gasteiger partial charge >= 0.3 is 5.97 Å². The number of carboxylic acid groups (broad SMARTS) is 1. The Balaban J connectivity index is 2.65. The van der Waals surface area contributed by atoms with E-state index >= 15 is 0 Å². The lowest BCUT2D eigenvalue weighted by molar-refractivity contribution is -0.130. The van der Waals surface area contributed by atoms with Crippen LogP contribution in [0.15, 0.2) is 29.6 Å². The van der Waals surface area contributed by atoms with Crippen molar-refractivity contribution in [3.63, 3.8) is 0 Å². The number of aliphatic carboxylic acids is 1. The predicted molar refractivity (Wildman–Crippen MR) is 85.9 cm³/mol. The summed E-state index contributed by atoms with van der Waals surface area (Å²) in [5.74, 6) is 0.121. The molecule has 0 aliphatic carbocycles. The molecule has 1 N–H and O–H groups in total. The Bertz CT molecular complexity index is 689. The minimum Gasteiger partial charge on any atom is -0.493 e. The van der Waals surface area contributed by atoms with Crippen LogP contribution in [0.2, 0.25) is 0 Å². The molecule has 1 heterocycles. The van der Waals surface area contributed by atoms with Crippen molar-refractivity contribution in [3.8, 4) is 17.2 Å². The molecule has 0 saturated carbocycles. The standard InChI is InChI=1S/C16H16O5S/c1-19-13-7-6-11(14(20-2)15(13)21-3)12(16(17)18)9-10-5-4-8-22-10/h4-9H,1-3H3,(H,17,18)/b12-9-. The quantitative estimate of drug-likeness (QED) is 0.826. The Morgan fingerprint density at radius 1 is 1.09 bits per heavy atom. The maximum Gasteiger partial charge on any atom is 0.336 e. The maximum absolute atomic E-state index is 11.7. The molecule has 1 aromatic carbocycles. The molecule has 0 saturated heterocycles. The van der Waals surface area contributed by atoms with Gasteiger partial charge in [0.15, 0.2) is 11.5 Å². The van der Waals surface area contributed by atoms with E-state index in [1.165, 1.54) is 32.7 Å². The molecule has 0 atom stereocenters. The average Bonchev–Trinajstić information content (AvgIpc) is 3.03. The first-order valence-corrected chi connectivity index (χ1v) is 7.28. The number of methoxy groups -OCH3 is 3. The largest absolute Gasteiger partial charge is 0.493 e. The van der Waals surface area contributed by atoms with Gasteiger partial charge < -0.3 is 19.3 Å². The number of carbonyl (C=O) groups is 1.